The number of phenols is 1. The van der Waals surface area contributed by atoms with Crippen molar-refractivity contribution >= 4 is 160 Å². The molecule has 2 aromatic heterocycles. The molecule has 1 fully saturated rings. The van der Waals surface area contributed by atoms with E-state index < -0.39 is 6.10 Å². The fraction of sp³-hybridized carbons (Fsp3) is 0.250. The summed E-state index contributed by atoms with van der Waals surface area (Å²) in [5.41, 5.74) is 27.7. The van der Waals surface area contributed by atoms with Gasteiger partial charge in [-0.2, -0.15) is 20.4 Å². The molecule has 32 nitrogen and oxygen atoms in total. The fourth-order valence-electron chi connectivity index (χ4n) is 14.3. The number of hydrogen-bond donors (Lipinski definition) is 12. The number of carbonyl (C=O) groups excluding carboxylic acids is 8. The number of carbonyl (C=O) groups is 8. The number of fused-ring (bicyclic) bond motifs is 8. The Labute approximate surface area is 777 Å². The number of nitrogens with one attached hydrogen (secondary N) is 7. The number of hydrazone groups is 4. The predicted molar refractivity (Wildman–Crippen MR) is 503 cm³/mol. The van der Waals surface area contributed by atoms with Crippen molar-refractivity contribution in [3.63, 3.8) is 0 Å². The summed E-state index contributed by atoms with van der Waals surface area (Å²) in [5.74, 6) is 1.73. The van der Waals surface area contributed by atoms with Crippen molar-refractivity contribution in [3.8, 4) is 34.5 Å². The van der Waals surface area contributed by atoms with Crippen molar-refractivity contribution in [2.45, 2.75) is 70.5 Å². The average molecular weight is 1870 g/mol. The van der Waals surface area contributed by atoms with Gasteiger partial charge < -0.3 is 69.9 Å². The average Bonchev–Trinajstić information content (AvgIpc) is 1.69. The molecular formula is C96H94Cl4N14O18. The largest absolute Gasteiger partial charge is 0.506 e. The van der Waals surface area contributed by atoms with E-state index in [-0.39, 0.29) is 104 Å². The molecule has 10 aromatic carbocycles. The maximum atomic E-state index is 12.3. The minimum absolute atomic E-state index is 0.0425. The van der Waals surface area contributed by atoms with Crippen molar-refractivity contribution in [2.75, 3.05) is 85.6 Å². The normalized spacial score (nSPS) is 15.4. The molecule has 8 amide bonds. The van der Waals surface area contributed by atoms with Crippen LogP contribution in [-0.4, -0.2) is 208 Å². The quantitative estimate of drug-likeness (QED) is 0.0144. The molecule has 36 heteroatoms. The number of halogens is 4. The molecule has 2 atom stereocenters. The number of hydrogen-bond acceptors (Lipinski definition) is 24. The molecule has 7 aliphatic rings. The van der Waals surface area contributed by atoms with Gasteiger partial charge in [0.25, 0.3) is 23.6 Å². The molecule has 1 saturated heterocycles. The third kappa shape index (κ3) is 25.1. The highest BCUT2D eigenvalue weighted by Crippen LogP contribution is 2.37. The number of epoxide rings is 1. The van der Waals surface area contributed by atoms with Crippen LogP contribution in [0.25, 0.3) is 43.6 Å². The molecule has 0 aliphatic carbocycles. The van der Waals surface area contributed by atoms with Crippen molar-refractivity contribution in [1.82, 2.24) is 46.8 Å². The molecule has 12 aromatic rings. The van der Waals surface area contributed by atoms with Crippen LogP contribution in [0.1, 0.15) is 122 Å². The second-order valence-electron chi connectivity index (χ2n) is 30.1. The van der Waals surface area contributed by atoms with Gasteiger partial charge >= 0.3 is 0 Å². The number of aliphatic hydroxyl groups is 3. The van der Waals surface area contributed by atoms with Crippen LogP contribution in [0.15, 0.2) is 227 Å². The minimum atomic E-state index is -0.676. The summed E-state index contributed by atoms with van der Waals surface area (Å²) in [6, 6.07) is 62.8. The van der Waals surface area contributed by atoms with E-state index in [1.54, 1.807) is 110 Å². The molecule has 132 heavy (non-hydrogen) atoms. The number of ether oxygens (including phenoxy) is 6. The number of aromatic amines is 2. The summed E-state index contributed by atoms with van der Waals surface area (Å²) in [6.07, 6.45) is 3.61. The summed E-state index contributed by atoms with van der Waals surface area (Å²) >= 11 is 24.5. The molecule has 13 N–H and O–H groups in total. The lowest BCUT2D eigenvalue weighted by molar-refractivity contribution is -0.122. The Balaban J connectivity index is 0.000000138. The SMILES string of the molecule is CCO.NCCOc1ccc(C2=NNC(=O)CC2)cc1Cl.O=C1CCC(c2ccc(O)c(Cl)c2)=NN1.O=C1CCC(c2ccc(OCCN3C(=O)c4ccccc4C3=O)c(Cl)c2)=NN1.O=C1CCC(c2ccc(OCCNC[C@H](O)COc3cccc4[nH]c5ccccc5c34)c(Cl)c2)=NN1.O=C1c2ccccc2C(=O)N1CCO.c1ccc2c(c1)[nH]c1cccc(OCC3CO3)c12. The summed E-state index contributed by atoms with van der Waals surface area (Å²) in [5, 5.41) is 61.3. The van der Waals surface area contributed by atoms with Gasteiger partial charge in [0.05, 0.1) is 103 Å². The molecule has 0 bridgehead atoms. The predicted octanol–water partition coefficient (Wildman–Crippen LogP) is 12.9. The zero-order chi connectivity index (χ0) is 93.2. The van der Waals surface area contributed by atoms with Crippen LogP contribution in [0.2, 0.25) is 20.1 Å². The highest BCUT2D eigenvalue weighted by Gasteiger charge is 2.36. The van der Waals surface area contributed by atoms with Crippen LogP contribution in [0, 0.1) is 0 Å². The number of H-pyrrole nitrogens is 2. The number of β-amino-alcohol motifs (C(OH)–C–C–N with tert-alkyl or cyclic N) is 1. The first-order valence-electron chi connectivity index (χ1n) is 42.3. The van der Waals surface area contributed by atoms with E-state index in [1.807, 2.05) is 66.7 Å². The summed E-state index contributed by atoms with van der Waals surface area (Å²) < 4.78 is 33.8. The number of amides is 8. The summed E-state index contributed by atoms with van der Waals surface area (Å²) in [6.45, 7) is 5.83. The lowest BCUT2D eigenvalue weighted by atomic mass is 10.0. The van der Waals surface area contributed by atoms with E-state index in [9.17, 15) is 48.6 Å². The monoisotopic (exact) mass is 1870 g/mol. The maximum Gasteiger partial charge on any atom is 0.261 e. The van der Waals surface area contributed by atoms with Crippen LogP contribution in [0.4, 0.5) is 0 Å². The lowest BCUT2D eigenvalue weighted by Crippen LogP contribution is -2.33. The van der Waals surface area contributed by atoms with E-state index in [0.717, 1.165) is 106 Å². The Kier molecular flexibility index (Phi) is 34.0. The van der Waals surface area contributed by atoms with Gasteiger partial charge in [-0.3, -0.25) is 48.2 Å². The van der Waals surface area contributed by atoms with Gasteiger partial charge in [-0.05, 0) is 163 Å². The second-order valence-corrected chi connectivity index (χ2v) is 31.7. The smallest absolute Gasteiger partial charge is 0.261 e. The number of aliphatic hydroxyl groups excluding tert-OH is 3. The van der Waals surface area contributed by atoms with Gasteiger partial charge in [0.2, 0.25) is 23.6 Å². The number of nitrogens with two attached hydrogens (primary N) is 1. The van der Waals surface area contributed by atoms with E-state index in [1.165, 1.54) is 16.4 Å². The summed E-state index contributed by atoms with van der Waals surface area (Å²) in [4.78, 5) is 101. The van der Waals surface area contributed by atoms with Gasteiger partial charge in [-0.15, -0.1) is 0 Å². The minimum Gasteiger partial charge on any atom is -0.506 e. The number of aromatic nitrogens is 2. The van der Waals surface area contributed by atoms with E-state index in [2.05, 4.69) is 87.7 Å². The van der Waals surface area contributed by atoms with Gasteiger partial charge in [-0.25, -0.2) is 21.7 Å². The number of para-hydroxylation sites is 2. The summed E-state index contributed by atoms with van der Waals surface area (Å²) in [7, 11) is 0. The van der Waals surface area contributed by atoms with Crippen molar-refractivity contribution in [3.05, 3.63) is 271 Å². The van der Waals surface area contributed by atoms with E-state index >= 15 is 0 Å². The Morgan fingerprint density at radius 3 is 1.18 bits per heavy atom. The Morgan fingerprint density at radius 2 is 0.803 bits per heavy atom. The number of phenolic OH excluding ortho intramolecular Hbond substituents is 1. The van der Waals surface area contributed by atoms with E-state index in [4.69, 9.17) is 90.8 Å². The van der Waals surface area contributed by atoms with Crippen molar-refractivity contribution in [2.24, 2.45) is 26.1 Å². The molecule has 9 heterocycles. The molecule has 19 rings (SSSR count). The van der Waals surface area contributed by atoms with Crippen LogP contribution >= 0.6 is 46.4 Å². The third-order valence-electron chi connectivity index (χ3n) is 20.9. The Bertz CT molecular complexity index is 6310. The number of nitrogens with zero attached hydrogens (tertiary/aromatic N) is 6. The molecule has 0 radical (unpaired) electrons. The standard InChI is InChI=1S/C27H27ClN4O4.C20H16ClN3O4.C15H13NO2.C12H14ClN3O2.C10H9ClN2O2.C10H9NO3.C2H6O/c28-20-14-17(21-9-11-26(34)32-31-21)8-10-24(20)35-13-12-29-15-18(33)16-36-25-7-3-6-23-27(25)19-4-1-2-5-22(19)30-23;21-15-11-12(16-6-8-18(25)23-22-16)5-7-17(15)28-10-9-24-19(26)13-3-1-2-4-14(13)20(24)27;1-2-5-12-11(4-1)15-13(16-12)6-3-7-14(15)18-9-10-8-17-10;13-9-7-8(1-3-11(9)18-6-5-14)10-2-4-12(17)16-15-10;11-7-5-6(1-3-9(7)14)8-2-4-10(15)13-12-8;12-6-5-11-9(13)7-3-1-2-4-8(7)10(11)14;1-2-3/h1-8,10,14,18,29-30,33H,9,11-13,15-16H2,(H,32,34);1-5,7,11H,6,8-10H2,(H,23,25);1-7,10,16H,8-9H2;1,3,7H,2,4-6,14H2,(H,16,17);1,3,5,14H,2,4H2,(H,13,15);1-4,12H,5-6H2;3H,2H2,1H3/t18-;;;;;;/m0....../s1. The molecule has 1 unspecified atom stereocenters. The van der Waals surface area contributed by atoms with Crippen molar-refractivity contribution < 1.29 is 87.2 Å². The first kappa shape index (κ1) is 95.9. The first-order chi connectivity index (χ1) is 64.1. The Morgan fingerprint density at radius 1 is 0.439 bits per heavy atom. The molecule has 0 spiro atoms. The molecule has 684 valence electrons. The zero-order valence-electron chi connectivity index (χ0n) is 71.4. The van der Waals surface area contributed by atoms with E-state index in [0.29, 0.717) is 145 Å². The first-order valence-corrected chi connectivity index (χ1v) is 43.9. The number of rotatable bonds is 25. The number of imide groups is 2. The van der Waals surface area contributed by atoms with Gasteiger partial charge in [0.1, 0.15) is 79.7 Å². The van der Waals surface area contributed by atoms with Crippen LogP contribution in [-0.2, 0) is 23.9 Å². The van der Waals surface area contributed by atoms with Crippen LogP contribution < -0.4 is 56.4 Å². The van der Waals surface area contributed by atoms with Gasteiger partial charge in [-0.1, -0.05) is 119 Å². The third-order valence-corrected chi connectivity index (χ3v) is 22.1. The van der Waals surface area contributed by atoms with Crippen molar-refractivity contribution in [1.29, 1.82) is 0 Å². The highest BCUT2D eigenvalue weighted by atomic mass is 35.5. The molecular weight excluding hydrogens is 1780 g/mol. The fourth-order valence-corrected chi connectivity index (χ4v) is 15.2. The van der Waals surface area contributed by atoms with Crippen LogP contribution in [0.3, 0.4) is 0 Å². The number of benzene rings is 10. The lowest BCUT2D eigenvalue weighted by Gasteiger charge is -2.16. The topological polar surface area (TPSA) is 450 Å². The highest BCUT2D eigenvalue weighted by molar-refractivity contribution is 6.34. The maximum absolute atomic E-state index is 12.3. The zero-order valence-corrected chi connectivity index (χ0v) is 74.4. The molecule has 0 saturated carbocycles. The van der Waals surface area contributed by atoms with Gasteiger partial charge in [0, 0.05) is 110 Å². The second kappa shape index (κ2) is 46.8. The van der Waals surface area contributed by atoms with Crippen LogP contribution in [0.5, 0.6) is 34.5 Å². The number of aromatic hydroxyl groups is 1. The van der Waals surface area contributed by atoms with Gasteiger partial charge in [0.15, 0.2) is 0 Å². The Hall–Kier alpha value is -13.6. The molecule has 7 aliphatic heterocycles.